The first-order valence-electron chi connectivity index (χ1n) is 8.78. The van der Waals surface area contributed by atoms with Gasteiger partial charge < -0.3 is 9.64 Å². The summed E-state index contributed by atoms with van der Waals surface area (Å²) in [5.74, 6) is 1.29. The molecule has 0 aliphatic carbocycles. The average Bonchev–Trinajstić information content (AvgIpc) is 2.96. The number of fused-ring (bicyclic) bond motifs is 1. The number of anilines is 1. The molecule has 3 aromatic rings. The molecule has 0 radical (unpaired) electrons. The second kappa shape index (κ2) is 7.83. The lowest BCUT2D eigenvalue weighted by Crippen LogP contribution is -2.24. The average molecular weight is 369 g/mol. The van der Waals surface area contributed by atoms with Gasteiger partial charge in [0.1, 0.15) is 21.3 Å². The van der Waals surface area contributed by atoms with Crippen LogP contribution in [0.3, 0.4) is 0 Å². The quantitative estimate of drug-likeness (QED) is 0.598. The minimum absolute atomic E-state index is 0.289. The fourth-order valence-electron chi connectivity index (χ4n) is 2.98. The summed E-state index contributed by atoms with van der Waals surface area (Å²) in [6.45, 7) is 9.69. The first-order chi connectivity index (χ1) is 12.5. The van der Waals surface area contributed by atoms with E-state index in [0.717, 1.165) is 34.7 Å². The first-order valence-corrected chi connectivity index (χ1v) is 9.60. The molecule has 3 rings (SSSR count). The van der Waals surface area contributed by atoms with Crippen LogP contribution >= 0.6 is 11.3 Å². The number of hydrogen-bond donors (Lipinski definition) is 0. The van der Waals surface area contributed by atoms with Crippen LogP contribution in [0.4, 0.5) is 5.82 Å². The highest BCUT2D eigenvalue weighted by Crippen LogP contribution is 2.36. The van der Waals surface area contributed by atoms with Gasteiger partial charge in [-0.25, -0.2) is 14.8 Å². The van der Waals surface area contributed by atoms with Crippen molar-refractivity contribution in [3.05, 3.63) is 52.2 Å². The maximum absolute atomic E-state index is 12.3. The number of aromatic nitrogens is 2. The van der Waals surface area contributed by atoms with Crippen molar-refractivity contribution in [3.63, 3.8) is 0 Å². The minimum atomic E-state index is -0.289. The molecule has 0 unspecified atom stereocenters. The third-order valence-corrected chi connectivity index (χ3v) is 5.41. The Morgan fingerprint density at radius 3 is 2.54 bits per heavy atom. The highest BCUT2D eigenvalue weighted by Gasteiger charge is 2.23. The Bertz CT molecular complexity index is 922. The Kier molecular flexibility index (Phi) is 5.52. The van der Waals surface area contributed by atoms with E-state index in [1.807, 2.05) is 39.0 Å². The summed E-state index contributed by atoms with van der Waals surface area (Å²) in [4.78, 5) is 25.2. The number of rotatable bonds is 6. The van der Waals surface area contributed by atoms with Gasteiger partial charge >= 0.3 is 5.97 Å². The van der Waals surface area contributed by atoms with Crippen LogP contribution in [-0.2, 0) is 11.3 Å². The molecule has 2 aromatic heterocycles. The van der Waals surface area contributed by atoms with Crippen LogP contribution in [0.15, 0.2) is 30.3 Å². The number of hydrogen-bond acceptors (Lipinski definition) is 6. The van der Waals surface area contributed by atoms with Crippen LogP contribution in [0.5, 0.6) is 0 Å². The molecule has 0 bridgehead atoms. The van der Waals surface area contributed by atoms with Crippen molar-refractivity contribution in [2.75, 3.05) is 18.1 Å². The largest absolute Gasteiger partial charge is 0.462 e. The maximum atomic E-state index is 12.3. The Balaban J connectivity index is 2.10. The van der Waals surface area contributed by atoms with E-state index in [0.29, 0.717) is 17.3 Å². The number of esters is 1. The summed E-state index contributed by atoms with van der Waals surface area (Å²) < 4.78 is 5.20. The van der Waals surface area contributed by atoms with Gasteiger partial charge in [-0.05, 0) is 38.8 Å². The molecule has 26 heavy (non-hydrogen) atoms. The number of ether oxygens (including phenoxy) is 1. The molecule has 1 aromatic carbocycles. The van der Waals surface area contributed by atoms with E-state index in [1.165, 1.54) is 16.9 Å². The van der Waals surface area contributed by atoms with Crippen molar-refractivity contribution in [2.24, 2.45) is 0 Å². The van der Waals surface area contributed by atoms with Gasteiger partial charge in [0.05, 0.1) is 12.0 Å². The summed E-state index contributed by atoms with van der Waals surface area (Å²) in [6.07, 6.45) is 0. The molecule has 136 valence electrons. The van der Waals surface area contributed by atoms with Crippen molar-refractivity contribution in [1.29, 1.82) is 0 Å². The van der Waals surface area contributed by atoms with Crippen molar-refractivity contribution in [1.82, 2.24) is 9.97 Å². The number of carbonyl (C=O) groups is 1. The molecule has 0 fully saturated rings. The van der Waals surface area contributed by atoms with Gasteiger partial charge in [-0.2, -0.15) is 0 Å². The fraction of sp³-hybridized carbons (Fsp3) is 0.350. The monoisotopic (exact) mass is 369 g/mol. The lowest BCUT2D eigenvalue weighted by molar-refractivity contribution is 0.0531. The lowest BCUT2D eigenvalue weighted by Gasteiger charge is -2.23. The Morgan fingerprint density at radius 2 is 1.88 bits per heavy atom. The summed E-state index contributed by atoms with van der Waals surface area (Å²) in [5, 5.41) is 0.946. The van der Waals surface area contributed by atoms with Crippen molar-refractivity contribution in [2.45, 2.75) is 34.2 Å². The molecule has 5 nitrogen and oxygen atoms in total. The van der Waals surface area contributed by atoms with E-state index in [-0.39, 0.29) is 5.97 Å². The Labute approximate surface area is 157 Å². The predicted octanol–water partition coefficient (Wildman–Crippen LogP) is 4.51. The highest BCUT2D eigenvalue weighted by atomic mass is 32.1. The lowest BCUT2D eigenvalue weighted by atomic mass is 10.1. The molecule has 0 aliphatic heterocycles. The van der Waals surface area contributed by atoms with Gasteiger partial charge in [0, 0.05) is 13.1 Å². The van der Waals surface area contributed by atoms with E-state index in [9.17, 15) is 4.79 Å². The summed E-state index contributed by atoms with van der Waals surface area (Å²) in [6, 6.07) is 10.3. The SMILES string of the molecule is CCOC(=O)c1sc2nc(C)nc(N(CC)Cc3ccccc3)c2c1C. The van der Waals surface area contributed by atoms with Crippen molar-refractivity contribution >= 4 is 33.3 Å². The second-order valence-corrected chi connectivity index (χ2v) is 7.05. The van der Waals surface area contributed by atoms with Crippen LogP contribution in [0.25, 0.3) is 10.2 Å². The van der Waals surface area contributed by atoms with Gasteiger partial charge in [0.25, 0.3) is 0 Å². The zero-order valence-corrected chi connectivity index (χ0v) is 16.4. The van der Waals surface area contributed by atoms with Crippen LogP contribution in [0, 0.1) is 13.8 Å². The molecule has 6 heteroatoms. The number of carbonyl (C=O) groups excluding carboxylic acids is 1. The molecule has 0 spiro atoms. The standard InChI is InChI=1S/C20H23N3O2S/c1-5-23(12-15-10-8-7-9-11-15)18-16-13(3)17(20(24)25-6-2)26-19(16)22-14(4)21-18/h7-11H,5-6,12H2,1-4H3. The van der Waals surface area contributed by atoms with E-state index in [4.69, 9.17) is 9.72 Å². The van der Waals surface area contributed by atoms with Crippen molar-refractivity contribution < 1.29 is 9.53 Å². The second-order valence-electron chi connectivity index (χ2n) is 6.05. The number of nitrogens with zero attached hydrogens (tertiary/aromatic N) is 3. The van der Waals surface area contributed by atoms with E-state index >= 15 is 0 Å². The fourth-order valence-corrected chi connectivity index (χ4v) is 4.10. The van der Waals surface area contributed by atoms with E-state index < -0.39 is 0 Å². The van der Waals surface area contributed by atoms with Crippen LogP contribution in [-0.4, -0.2) is 29.1 Å². The molecule has 0 N–H and O–H groups in total. The molecular formula is C20H23N3O2S. The topological polar surface area (TPSA) is 55.3 Å². The van der Waals surface area contributed by atoms with Gasteiger partial charge in [0.15, 0.2) is 0 Å². The summed E-state index contributed by atoms with van der Waals surface area (Å²) in [7, 11) is 0. The molecular weight excluding hydrogens is 346 g/mol. The minimum Gasteiger partial charge on any atom is -0.462 e. The third-order valence-electron chi connectivity index (χ3n) is 4.24. The molecule has 0 saturated heterocycles. The summed E-state index contributed by atoms with van der Waals surface area (Å²) >= 11 is 1.38. The van der Waals surface area contributed by atoms with E-state index in [1.54, 1.807) is 0 Å². The zero-order chi connectivity index (χ0) is 18.7. The molecule has 0 saturated carbocycles. The number of thiophene rings is 1. The van der Waals surface area contributed by atoms with Gasteiger partial charge in [0.2, 0.25) is 0 Å². The van der Waals surface area contributed by atoms with Gasteiger partial charge in [-0.3, -0.25) is 0 Å². The number of aryl methyl sites for hydroxylation is 2. The van der Waals surface area contributed by atoms with Crippen LogP contribution in [0.1, 0.15) is 40.5 Å². The van der Waals surface area contributed by atoms with Crippen LogP contribution in [0.2, 0.25) is 0 Å². The summed E-state index contributed by atoms with van der Waals surface area (Å²) in [5.41, 5.74) is 2.11. The maximum Gasteiger partial charge on any atom is 0.348 e. The normalized spacial score (nSPS) is 10.9. The smallest absolute Gasteiger partial charge is 0.348 e. The molecule has 0 atom stereocenters. The zero-order valence-electron chi connectivity index (χ0n) is 15.6. The molecule has 0 aliphatic rings. The van der Waals surface area contributed by atoms with Crippen molar-refractivity contribution in [3.8, 4) is 0 Å². The Morgan fingerprint density at radius 1 is 1.15 bits per heavy atom. The Hall–Kier alpha value is -2.47. The van der Waals surface area contributed by atoms with Crippen LogP contribution < -0.4 is 4.90 Å². The van der Waals surface area contributed by atoms with Gasteiger partial charge in [-0.15, -0.1) is 11.3 Å². The molecule has 2 heterocycles. The highest BCUT2D eigenvalue weighted by molar-refractivity contribution is 7.20. The van der Waals surface area contributed by atoms with E-state index in [2.05, 4.69) is 28.9 Å². The first kappa shape index (κ1) is 18.3. The molecule has 0 amide bonds. The van der Waals surface area contributed by atoms with Gasteiger partial charge in [-0.1, -0.05) is 30.3 Å². The number of benzene rings is 1. The predicted molar refractivity (Wildman–Crippen MR) is 106 cm³/mol. The third kappa shape index (κ3) is 3.55.